The molecule has 0 radical (unpaired) electrons. The van der Waals surface area contributed by atoms with Crippen LogP contribution in [-0.4, -0.2) is 11.6 Å². The van der Waals surface area contributed by atoms with Crippen molar-refractivity contribution in [1.82, 2.24) is 0 Å². The molecule has 0 amide bonds. The van der Waals surface area contributed by atoms with Gasteiger partial charge in [0.15, 0.2) is 0 Å². The second-order valence-electron chi connectivity index (χ2n) is 2.69. The number of carbonyl (C=O) groups is 1. The van der Waals surface area contributed by atoms with E-state index in [0.717, 1.165) is 5.56 Å². The maximum atomic E-state index is 9.44. The summed E-state index contributed by atoms with van der Waals surface area (Å²) in [5.74, 6) is 0.288. The van der Waals surface area contributed by atoms with Crippen LogP contribution < -0.4 is 5.73 Å². The summed E-state index contributed by atoms with van der Waals surface area (Å²) in [7, 11) is 0. The van der Waals surface area contributed by atoms with Crippen molar-refractivity contribution >= 4 is 11.6 Å². The van der Waals surface area contributed by atoms with Gasteiger partial charge in [0.2, 0.25) is 0 Å². The van der Waals surface area contributed by atoms with Crippen LogP contribution in [0, 0.1) is 5.41 Å². The van der Waals surface area contributed by atoms with E-state index in [-0.39, 0.29) is 31.1 Å². The van der Waals surface area contributed by atoms with Crippen LogP contribution in [0.1, 0.15) is 19.4 Å². The van der Waals surface area contributed by atoms with E-state index in [1.54, 1.807) is 0 Å². The molecule has 1 aromatic carbocycles. The molecule has 14 heavy (non-hydrogen) atoms. The zero-order chi connectivity index (χ0) is 10.3. The first-order chi connectivity index (χ1) is 6.04. The van der Waals surface area contributed by atoms with Gasteiger partial charge in [-0.2, -0.15) is 0 Å². The predicted molar refractivity (Wildman–Crippen MR) is 53.8 cm³/mol. The van der Waals surface area contributed by atoms with E-state index in [9.17, 15) is 4.79 Å². The van der Waals surface area contributed by atoms with Gasteiger partial charge < -0.3 is 10.5 Å². The number of amidine groups is 1. The number of nitrogens with two attached hydrogens (primary N) is 1. The standard InChI is InChI=1S/C7H8N2.C3H6O.Zn/c8-7(9)6-4-2-1-3-5-6;1-3(2)4;/h1-5H,(H3,8,9);1-2H3;. The SMILES string of the molecule is CC(C)=O.N=C(N)c1ccccc1.[Zn]. The van der Waals surface area contributed by atoms with Gasteiger partial charge in [0.25, 0.3) is 0 Å². The fourth-order valence-electron chi connectivity index (χ4n) is 0.618. The zero-order valence-electron chi connectivity index (χ0n) is 8.58. The van der Waals surface area contributed by atoms with Gasteiger partial charge in [-0.05, 0) is 13.8 Å². The van der Waals surface area contributed by atoms with Gasteiger partial charge in [-0.3, -0.25) is 5.41 Å². The molecule has 0 aliphatic heterocycles. The number of Topliss-reactive ketones (excluding diaryl/α,β-unsaturated/α-hetero) is 1. The number of nitrogen functional groups attached to an aromatic ring is 1. The van der Waals surface area contributed by atoms with Gasteiger partial charge in [-0.1, -0.05) is 30.3 Å². The summed E-state index contributed by atoms with van der Waals surface area (Å²) in [6, 6.07) is 9.23. The minimum atomic E-state index is 0. The van der Waals surface area contributed by atoms with Crippen molar-refractivity contribution in [3.8, 4) is 0 Å². The van der Waals surface area contributed by atoms with Crippen molar-refractivity contribution in [2.45, 2.75) is 13.8 Å². The molecule has 1 rings (SSSR count). The minimum Gasteiger partial charge on any atom is -0.384 e. The molecular weight excluding hydrogens is 230 g/mol. The fourth-order valence-corrected chi connectivity index (χ4v) is 0.618. The molecule has 0 saturated heterocycles. The van der Waals surface area contributed by atoms with Crippen LogP contribution in [-0.2, 0) is 24.3 Å². The average Bonchev–Trinajstić information content (AvgIpc) is 2.05. The topological polar surface area (TPSA) is 66.9 Å². The molecule has 0 saturated carbocycles. The van der Waals surface area contributed by atoms with Crippen LogP contribution >= 0.6 is 0 Å². The first-order valence-electron chi connectivity index (χ1n) is 3.90. The minimum absolute atomic E-state index is 0. The Morgan fingerprint density at radius 3 is 1.79 bits per heavy atom. The Balaban J connectivity index is 0. The fraction of sp³-hybridized carbons (Fsp3) is 0.200. The number of nitrogens with one attached hydrogen (secondary N) is 1. The van der Waals surface area contributed by atoms with Crippen LogP contribution in [0.2, 0.25) is 0 Å². The maximum absolute atomic E-state index is 9.44. The molecule has 72 valence electrons. The van der Waals surface area contributed by atoms with Gasteiger partial charge in [0.05, 0.1) is 0 Å². The Morgan fingerprint density at radius 1 is 1.21 bits per heavy atom. The van der Waals surface area contributed by atoms with Gasteiger partial charge in [0, 0.05) is 25.0 Å². The molecule has 0 spiro atoms. The largest absolute Gasteiger partial charge is 0.384 e. The Kier molecular flexibility index (Phi) is 9.47. The summed E-state index contributed by atoms with van der Waals surface area (Å²) < 4.78 is 0. The van der Waals surface area contributed by atoms with Gasteiger partial charge in [-0.25, -0.2) is 0 Å². The number of rotatable bonds is 1. The molecule has 4 heteroatoms. The van der Waals surface area contributed by atoms with Crippen LogP contribution in [0.15, 0.2) is 30.3 Å². The van der Waals surface area contributed by atoms with E-state index in [0.29, 0.717) is 0 Å². The van der Waals surface area contributed by atoms with Crippen LogP contribution in [0.25, 0.3) is 0 Å². The first kappa shape index (κ1) is 15.5. The summed E-state index contributed by atoms with van der Waals surface area (Å²) in [4.78, 5) is 9.44. The van der Waals surface area contributed by atoms with Crippen LogP contribution in [0.4, 0.5) is 0 Å². The quantitative estimate of drug-likeness (QED) is 0.447. The summed E-state index contributed by atoms with van der Waals surface area (Å²) >= 11 is 0. The molecule has 1 aromatic rings. The third-order valence-corrected chi connectivity index (χ3v) is 1.08. The van der Waals surface area contributed by atoms with Crippen molar-refractivity contribution in [2.75, 3.05) is 0 Å². The number of benzene rings is 1. The molecule has 0 heterocycles. The van der Waals surface area contributed by atoms with Gasteiger partial charge >= 0.3 is 0 Å². The van der Waals surface area contributed by atoms with E-state index in [4.69, 9.17) is 11.1 Å². The molecule has 3 N–H and O–H groups in total. The zero-order valence-corrected chi connectivity index (χ0v) is 11.5. The van der Waals surface area contributed by atoms with E-state index in [1.165, 1.54) is 13.8 Å². The van der Waals surface area contributed by atoms with Crippen molar-refractivity contribution in [3.63, 3.8) is 0 Å². The van der Waals surface area contributed by atoms with Gasteiger partial charge in [-0.15, -0.1) is 0 Å². The third kappa shape index (κ3) is 9.07. The first-order valence-corrected chi connectivity index (χ1v) is 3.90. The molecular formula is C10H14N2OZn. The van der Waals surface area contributed by atoms with Crippen molar-refractivity contribution in [1.29, 1.82) is 5.41 Å². The van der Waals surface area contributed by atoms with E-state index in [2.05, 4.69) is 0 Å². The third-order valence-electron chi connectivity index (χ3n) is 1.08. The van der Waals surface area contributed by atoms with Crippen molar-refractivity contribution in [3.05, 3.63) is 35.9 Å². The van der Waals surface area contributed by atoms with Crippen molar-refractivity contribution in [2.24, 2.45) is 5.73 Å². The number of hydrogen-bond acceptors (Lipinski definition) is 2. The summed E-state index contributed by atoms with van der Waals surface area (Å²) in [6.45, 7) is 3.06. The molecule has 0 unspecified atom stereocenters. The molecule has 0 aliphatic carbocycles. The smallest absolute Gasteiger partial charge is 0.126 e. The molecule has 0 atom stereocenters. The predicted octanol–water partition coefficient (Wildman–Crippen LogP) is 1.56. The Hall–Kier alpha value is -1.02. The average molecular weight is 244 g/mol. The van der Waals surface area contributed by atoms with Crippen LogP contribution in [0.3, 0.4) is 0 Å². The second kappa shape index (κ2) is 8.58. The summed E-state index contributed by atoms with van der Waals surface area (Å²) in [6.07, 6.45) is 0. The van der Waals surface area contributed by atoms with E-state index >= 15 is 0 Å². The normalized spacial score (nSPS) is 7.57. The molecule has 0 aromatic heterocycles. The maximum Gasteiger partial charge on any atom is 0.126 e. The van der Waals surface area contributed by atoms with E-state index in [1.807, 2.05) is 30.3 Å². The Morgan fingerprint density at radius 2 is 1.57 bits per heavy atom. The summed E-state index contributed by atoms with van der Waals surface area (Å²) in [5.41, 5.74) is 5.97. The number of ketones is 1. The molecule has 3 nitrogen and oxygen atoms in total. The Bertz CT molecular complexity index is 281. The Labute approximate surface area is 97.0 Å². The van der Waals surface area contributed by atoms with Gasteiger partial charge in [0.1, 0.15) is 11.6 Å². The molecule has 0 fully saturated rings. The monoisotopic (exact) mass is 242 g/mol. The number of hydrogen-bond donors (Lipinski definition) is 2. The second-order valence-corrected chi connectivity index (χ2v) is 2.69. The number of carbonyl (C=O) groups excluding carboxylic acids is 1. The molecule has 0 bridgehead atoms. The summed E-state index contributed by atoms with van der Waals surface area (Å²) in [5, 5.41) is 7.01. The molecule has 0 aliphatic rings. The van der Waals surface area contributed by atoms with Crippen LogP contribution in [0.5, 0.6) is 0 Å². The van der Waals surface area contributed by atoms with E-state index < -0.39 is 0 Å². The van der Waals surface area contributed by atoms with Crippen molar-refractivity contribution < 1.29 is 24.3 Å².